The van der Waals surface area contributed by atoms with Crippen LogP contribution in [0.5, 0.6) is 0 Å². The van der Waals surface area contributed by atoms with E-state index in [0.29, 0.717) is 30.8 Å². The number of amides is 1. The molecule has 140 valence electrons. The van der Waals surface area contributed by atoms with Crippen molar-refractivity contribution in [2.24, 2.45) is 5.92 Å². The number of rotatable bonds is 6. The predicted octanol–water partition coefficient (Wildman–Crippen LogP) is 1.40. The van der Waals surface area contributed by atoms with Gasteiger partial charge in [-0.15, -0.1) is 0 Å². The first-order valence-electron chi connectivity index (χ1n) is 8.73. The molecule has 1 aliphatic heterocycles. The Labute approximate surface area is 149 Å². The third kappa shape index (κ3) is 3.93. The molecule has 9 nitrogen and oxygen atoms in total. The van der Waals surface area contributed by atoms with Gasteiger partial charge in [-0.25, -0.2) is 4.79 Å². The van der Waals surface area contributed by atoms with Crippen LogP contribution in [-0.4, -0.2) is 34.5 Å². The van der Waals surface area contributed by atoms with Crippen molar-refractivity contribution in [2.45, 2.75) is 38.8 Å². The zero-order chi connectivity index (χ0) is 18.7. The van der Waals surface area contributed by atoms with Gasteiger partial charge in [-0.05, 0) is 31.4 Å². The molecule has 0 radical (unpaired) electrons. The predicted molar refractivity (Wildman–Crippen MR) is 94.9 cm³/mol. The number of aryl methyl sites for hydroxylation is 1. The topological polar surface area (TPSA) is 119 Å². The smallest absolute Gasteiger partial charge is 0.407 e. The van der Waals surface area contributed by atoms with Gasteiger partial charge >= 0.3 is 5.76 Å². The molecule has 2 heterocycles. The van der Waals surface area contributed by atoms with Crippen LogP contribution in [-0.2, 0) is 11.3 Å². The van der Waals surface area contributed by atoms with Crippen molar-refractivity contribution >= 4 is 22.7 Å². The lowest BCUT2D eigenvalue weighted by molar-refractivity contribution is -0.384. The summed E-state index contributed by atoms with van der Waals surface area (Å²) in [5.41, 5.74) is 0.537. The van der Waals surface area contributed by atoms with Crippen LogP contribution < -0.4 is 16.4 Å². The van der Waals surface area contributed by atoms with Crippen LogP contribution in [0.2, 0.25) is 0 Å². The van der Waals surface area contributed by atoms with E-state index in [1.165, 1.54) is 22.8 Å². The van der Waals surface area contributed by atoms with Gasteiger partial charge in [0.2, 0.25) is 5.91 Å². The van der Waals surface area contributed by atoms with Gasteiger partial charge in [0.15, 0.2) is 5.58 Å². The summed E-state index contributed by atoms with van der Waals surface area (Å²) in [4.78, 5) is 34.4. The quantitative estimate of drug-likeness (QED) is 0.592. The molecular formula is C17H22N4O5. The summed E-state index contributed by atoms with van der Waals surface area (Å²) in [6.45, 7) is 4.19. The third-order valence-electron chi connectivity index (χ3n) is 4.82. The average molecular weight is 362 g/mol. The van der Waals surface area contributed by atoms with Crippen molar-refractivity contribution in [3.8, 4) is 0 Å². The lowest BCUT2D eigenvalue weighted by Gasteiger charge is -2.30. The Morgan fingerprint density at radius 2 is 2.31 bits per heavy atom. The molecule has 0 aliphatic carbocycles. The minimum atomic E-state index is -0.578. The number of nitro groups is 1. The normalized spacial score (nSPS) is 20.2. The number of carbonyl (C=O) groups excluding carboxylic acids is 1. The summed E-state index contributed by atoms with van der Waals surface area (Å²) in [5.74, 6) is -0.176. The molecule has 2 unspecified atom stereocenters. The maximum absolute atomic E-state index is 12.1. The van der Waals surface area contributed by atoms with E-state index in [2.05, 4.69) is 17.6 Å². The van der Waals surface area contributed by atoms with Gasteiger partial charge in [-0.1, -0.05) is 6.92 Å². The standard InChI is InChI=1S/C17H22N4O5/c1-11-6-7-18-10-13(11)19-16(22)3-2-8-20-14-5-4-12(21(24)25)9-15(14)26-17(20)23/h4-5,9,11,13,18H,2-3,6-8,10H2,1H3,(H,19,22). The highest BCUT2D eigenvalue weighted by molar-refractivity contribution is 5.77. The lowest BCUT2D eigenvalue weighted by Crippen LogP contribution is -2.50. The van der Waals surface area contributed by atoms with Crippen molar-refractivity contribution in [1.82, 2.24) is 15.2 Å². The number of hydrogen-bond acceptors (Lipinski definition) is 6. The monoisotopic (exact) mass is 362 g/mol. The van der Waals surface area contributed by atoms with Crippen LogP contribution in [0.4, 0.5) is 5.69 Å². The number of non-ortho nitro benzene ring substituents is 1. The summed E-state index contributed by atoms with van der Waals surface area (Å²) < 4.78 is 6.48. The number of carbonyl (C=O) groups is 1. The number of fused-ring (bicyclic) bond motifs is 1. The fourth-order valence-corrected chi connectivity index (χ4v) is 3.24. The fourth-order valence-electron chi connectivity index (χ4n) is 3.24. The van der Waals surface area contributed by atoms with Gasteiger partial charge in [0.05, 0.1) is 16.5 Å². The minimum absolute atomic E-state index is 0.0398. The lowest BCUT2D eigenvalue weighted by atomic mass is 9.95. The highest BCUT2D eigenvalue weighted by Gasteiger charge is 2.22. The molecule has 2 aromatic rings. The van der Waals surface area contributed by atoms with E-state index < -0.39 is 10.7 Å². The molecule has 1 aromatic heterocycles. The first-order chi connectivity index (χ1) is 12.5. The second kappa shape index (κ2) is 7.69. The number of hydrogen-bond donors (Lipinski definition) is 2. The second-order valence-electron chi connectivity index (χ2n) is 6.68. The highest BCUT2D eigenvalue weighted by atomic mass is 16.6. The summed E-state index contributed by atoms with van der Waals surface area (Å²) in [5, 5.41) is 17.1. The van der Waals surface area contributed by atoms with Crippen molar-refractivity contribution in [1.29, 1.82) is 0 Å². The third-order valence-corrected chi connectivity index (χ3v) is 4.82. The van der Waals surface area contributed by atoms with E-state index in [1.54, 1.807) is 0 Å². The van der Waals surface area contributed by atoms with Gasteiger partial charge in [-0.3, -0.25) is 19.5 Å². The molecule has 3 rings (SSSR count). The maximum atomic E-state index is 12.1. The molecular weight excluding hydrogens is 340 g/mol. The Morgan fingerprint density at radius 3 is 3.04 bits per heavy atom. The number of oxazole rings is 1. The number of nitrogens with zero attached hydrogens (tertiary/aromatic N) is 2. The number of nitro benzene ring substituents is 1. The van der Waals surface area contributed by atoms with E-state index in [4.69, 9.17) is 4.42 Å². The SMILES string of the molecule is CC1CCNCC1NC(=O)CCCn1c(=O)oc2cc([N+](=O)[O-])ccc21. The van der Waals surface area contributed by atoms with Gasteiger partial charge < -0.3 is 15.1 Å². The van der Waals surface area contributed by atoms with E-state index in [9.17, 15) is 19.7 Å². The van der Waals surface area contributed by atoms with Gasteiger partial charge in [0, 0.05) is 31.6 Å². The van der Waals surface area contributed by atoms with Crippen LogP contribution in [0, 0.1) is 16.0 Å². The summed E-state index contributed by atoms with van der Waals surface area (Å²) in [6, 6.07) is 4.19. The van der Waals surface area contributed by atoms with Crippen LogP contribution in [0.25, 0.3) is 11.1 Å². The molecule has 0 spiro atoms. The molecule has 1 aromatic carbocycles. The number of piperidine rings is 1. The van der Waals surface area contributed by atoms with Gasteiger partial charge in [0.1, 0.15) is 0 Å². The van der Waals surface area contributed by atoms with Crippen LogP contribution >= 0.6 is 0 Å². The van der Waals surface area contributed by atoms with E-state index in [1.807, 2.05) is 0 Å². The van der Waals surface area contributed by atoms with E-state index in [-0.39, 0.29) is 23.2 Å². The number of benzene rings is 1. The molecule has 0 bridgehead atoms. The van der Waals surface area contributed by atoms with E-state index in [0.717, 1.165) is 19.5 Å². The summed E-state index contributed by atoms with van der Waals surface area (Å²) in [7, 11) is 0. The molecule has 0 saturated carbocycles. The zero-order valence-electron chi connectivity index (χ0n) is 14.6. The minimum Gasteiger partial charge on any atom is -0.407 e. The van der Waals surface area contributed by atoms with Crippen molar-refractivity contribution in [2.75, 3.05) is 13.1 Å². The second-order valence-corrected chi connectivity index (χ2v) is 6.68. The Morgan fingerprint density at radius 1 is 1.50 bits per heavy atom. The molecule has 9 heteroatoms. The molecule has 2 atom stereocenters. The Hall–Kier alpha value is -2.68. The van der Waals surface area contributed by atoms with Gasteiger partial charge in [-0.2, -0.15) is 0 Å². The Kier molecular flexibility index (Phi) is 5.36. The molecule has 1 fully saturated rings. The van der Waals surface area contributed by atoms with Crippen LogP contribution in [0.1, 0.15) is 26.2 Å². The average Bonchev–Trinajstić information content (AvgIpc) is 2.91. The molecule has 2 N–H and O–H groups in total. The van der Waals surface area contributed by atoms with Crippen LogP contribution in [0.15, 0.2) is 27.4 Å². The molecule has 26 heavy (non-hydrogen) atoms. The first-order valence-corrected chi connectivity index (χ1v) is 8.73. The molecule has 1 amide bonds. The fraction of sp³-hybridized carbons (Fsp3) is 0.529. The summed E-state index contributed by atoms with van der Waals surface area (Å²) in [6.07, 6.45) is 1.81. The van der Waals surface area contributed by atoms with Crippen molar-refractivity contribution in [3.63, 3.8) is 0 Å². The largest absolute Gasteiger partial charge is 0.419 e. The highest BCUT2D eigenvalue weighted by Crippen LogP contribution is 2.20. The van der Waals surface area contributed by atoms with Gasteiger partial charge in [0.25, 0.3) is 5.69 Å². The number of nitrogens with one attached hydrogen (secondary N) is 2. The zero-order valence-corrected chi connectivity index (χ0v) is 14.6. The molecule has 1 saturated heterocycles. The van der Waals surface area contributed by atoms with E-state index >= 15 is 0 Å². The van der Waals surface area contributed by atoms with Crippen LogP contribution in [0.3, 0.4) is 0 Å². The number of aromatic nitrogens is 1. The first kappa shape index (κ1) is 18.1. The maximum Gasteiger partial charge on any atom is 0.419 e. The van der Waals surface area contributed by atoms with Crippen molar-refractivity contribution < 1.29 is 14.1 Å². The molecule has 1 aliphatic rings. The summed E-state index contributed by atoms with van der Waals surface area (Å²) >= 11 is 0. The Balaban J connectivity index is 1.59. The van der Waals surface area contributed by atoms with Crippen molar-refractivity contribution in [3.05, 3.63) is 38.9 Å². The Bertz CT molecular complexity index is 872.